The normalized spacial score (nSPS) is 15.7. The van der Waals surface area contributed by atoms with Gasteiger partial charge in [0.05, 0.1) is 11.6 Å². The number of hydrogen-bond acceptors (Lipinski definition) is 5. The lowest BCUT2D eigenvalue weighted by Crippen LogP contribution is -2.10. The molecule has 0 radical (unpaired) electrons. The van der Waals surface area contributed by atoms with Crippen molar-refractivity contribution in [2.24, 2.45) is 5.73 Å². The molecule has 1 unspecified atom stereocenters. The SMILES string of the molecule is N#Cc1cc(F)cc(Oc2ccc3c(c2C#N)C(N)CS3)c1. The Hall–Kier alpha value is -2.54. The molecule has 0 bridgehead atoms. The van der Waals surface area contributed by atoms with E-state index >= 15 is 0 Å². The van der Waals surface area contributed by atoms with Crippen molar-refractivity contribution in [1.29, 1.82) is 10.5 Å². The molecular weight excluding hydrogens is 301 g/mol. The maximum Gasteiger partial charge on any atom is 0.145 e. The van der Waals surface area contributed by atoms with Crippen LogP contribution in [-0.4, -0.2) is 5.75 Å². The number of rotatable bonds is 2. The highest BCUT2D eigenvalue weighted by molar-refractivity contribution is 7.99. The quantitative estimate of drug-likeness (QED) is 0.918. The van der Waals surface area contributed by atoms with Crippen molar-refractivity contribution in [2.75, 3.05) is 5.75 Å². The van der Waals surface area contributed by atoms with Gasteiger partial charge in [-0.2, -0.15) is 10.5 Å². The van der Waals surface area contributed by atoms with Gasteiger partial charge in [-0.05, 0) is 24.3 Å². The highest BCUT2D eigenvalue weighted by atomic mass is 32.2. The molecular formula is C16H10FN3OS. The molecule has 6 heteroatoms. The molecule has 0 saturated carbocycles. The van der Waals surface area contributed by atoms with Crippen LogP contribution < -0.4 is 10.5 Å². The lowest BCUT2D eigenvalue weighted by molar-refractivity contribution is 0.473. The summed E-state index contributed by atoms with van der Waals surface area (Å²) in [6, 6.07) is 11.0. The van der Waals surface area contributed by atoms with E-state index in [1.807, 2.05) is 12.1 Å². The molecule has 0 spiro atoms. The first-order chi connectivity index (χ1) is 10.6. The summed E-state index contributed by atoms with van der Waals surface area (Å²) >= 11 is 1.59. The summed E-state index contributed by atoms with van der Waals surface area (Å²) in [5.41, 5.74) is 7.30. The van der Waals surface area contributed by atoms with E-state index in [0.29, 0.717) is 17.1 Å². The Labute approximate surface area is 130 Å². The number of hydrogen-bond donors (Lipinski definition) is 1. The first-order valence-corrected chi connectivity index (χ1v) is 7.45. The lowest BCUT2D eigenvalue weighted by Gasteiger charge is -2.12. The van der Waals surface area contributed by atoms with E-state index in [9.17, 15) is 9.65 Å². The minimum Gasteiger partial charge on any atom is -0.456 e. The van der Waals surface area contributed by atoms with Gasteiger partial charge in [-0.3, -0.25) is 0 Å². The Morgan fingerprint density at radius 2 is 2.05 bits per heavy atom. The molecule has 1 heterocycles. The van der Waals surface area contributed by atoms with Gasteiger partial charge in [-0.15, -0.1) is 11.8 Å². The summed E-state index contributed by atoms with van der Waals surface area (Å²) in [5.74, 6) is 0.633. The predicted molar refractivity (Wildman–Crippen MR) is 80.0 cm³/mol. The Bertz CT molecular complexity index is 839. The molecule has 2 N–H and O–H groups in total. The van der Waals surface area contributed by atoms with Crippen LogP contribution in [0.1, 0.15) is 22.7 Å². The standard InChI is InChI=1S/C16H10FN3OS/c17-10-3-9(6-18)4-11(5-10)21-14-1-2-15-16(12(14)7-19)13(20)8-22-15/h1-5,13H,8,20H2. The zero-order valence-electron chi connectivity index (χ0n) is 11.3. The predicted octanol–water partition coefficient (Wildman–Crippen LogP) is 3.47. The first kappa shape index (κ1) is 14.4. The van der Waals surface area contributed by atoms with E-state index in [4.69, 9.17) is 15.7 Å². The topological polar surface area (TPSA) is 82.8 Å². The van der Waals surface area contributed by atoms with Crippen molar-refractivity contribution in [3.63, 3.8) is 0 Å². The zero-order valence-corrected chi connectivity index (χ0v) is 12.2. The van der Waals surface area contributed by atoms with E-state index < -0.39 is 5.82 Å². The molecule has 22 heavy (non-hydrogen) atoms. The number of nitrogens with two attached hydrogens (primary N) is 1. The number of ether oxygens (including phenoxy) is 1. The number of thioether (sulfide) groups is 1. The van der Waals surface area contributed by atoms with E-state index in [2.05, 4.69) is 6.07 Å². The van der Waals surface area contributed by atoms with Gasteiger partial charge in [0.15, 0.2) is 0 Å². The van der Waals surface area contributed by atoms with Gasteiger partial charge in [0.25, 0.3) is 0 Å². The van der Waals surface area contributed by atoms with E-state index in [-0.39, 0.29) is 17.4 Å². The van der Waals surface area contributed by atoms with Gasteiger partial charge < -0.3 is 10.5 Å². The van der Waals surface area contributed by atoms with Gasteiger partial charge in [-0.25, -0.2) is 4.39 Å². The largest absolute Gasteiger partial charge is 0.456 e. The molecule has 3 rings (SSSR count). The van der Waals surface area contributed by atoms with Crippen molar-refractivity contribution in [3.05, 3.63) is 52.8 Å². The second-order valence-electron chi connectivity index (χ2n) is 4.77. The van der Waals surface area contributed by atoms with Crippen LogP contribution in [0.4, 0.5) is 4.39 Å². The number of benzene rings is 2. The van der Waals surface area contributed by atoms with Crippen molar-refractivity contribution in [3.8, 4) is 23.6 Å². The van der Waals surface area contributed by atoms with Crippen LogP contribution in [-0.2, 0) is 0 Å². The monoisotopic (exact) mass is 311 g/mol. The van der Waals surface area contributed by atoms with Gasteiger partial charge in [0, 0.05) is 28.3 Å². The van der Waals surface area contributed by atoms with Gasteiger partial charge in [0.1, 0.15) is 28.9 Å². The van der Waals surface area contributed by atoms with E-state index in [1.54, 1.807) is 17.8 Å². The van der Waals surface area contributed by atoms with Gasteiger partial charge in [0.2, 0.25) is 0 Å². The minimum atomic E-state index is -0.569. The molecule has 1 aliphatic heterocycles. The fourth-order valence-electron chi connectivity index (χ4n) is 2.35. The van der Waals surface area contributed by atoms with Gasteiger partial charge in [-0.1, -0.05) is 0 Å². The third-order valence-electron chi connectivity index (χ3n) is 3.30. The average Bonchev–Trinajstić information content (AvgIpc) is 2.88. The van der Waals surface area contributed by atoms with Crippen molar-refractivity contribution < 1.29 is 9.13 Å². The summed E-state index contributed by atoms with van der Waals surface area (Å²) < 4.78 is 19.1. The number of fused-ring (bicyclic) bond motifs is 1. The number of nitrogens with zero attached hydrogens (tertiary/aromatic N) is 2. The van der Waals surface area contributed by atoms with E-state index in [0.717, 1.165) is 16.5 Å². The molecule has 4 nitrogen and oxygen atoms in total. The van der Waals surface area contributed by atoms with Crippen LogP contribution in [0, 0.1) is 28.5 Å². The molecule has 0 fully saturated rings. The first-order valence-electron chi connectivity index (χ1n) is 6.46. The van der Waals surface area contributed by atoms with Crippen LogP contribution in [0.3, 0.4) is 0 Å². The molecule has 0 aliphatic carbocycles. The summed E-state index contributed by atoms with van der Waals surface area (Å²) in [6.07, 6.45) is 0. The third-order valence-corrected chi connectivity index (χ3v) is 4.49. The molecule has 0 amide bonds. The molecule has 2 aromatic rings. The Kier molecular flexibility index (Phi) is 3.72. The van der Waals surface area contributed by atoms with Crippen molar-refractivity contribution in [2.45, 2.75) is 10.9 Å². The second kappa shape index (κ2) is 5.69. The molecule has 1 aliphatic rings. The smallest absolute Gasteiger partial charge is 0.145 e. The number of halogens is 1. The lowest BCUT2D eigenvalue weighted by atomic mass is 10.0. The molecule has 108 valence electrons. The Morgan fingerprint density at radius 1 is 1.23 bits per heavy atom. The van der Waals surface area contributed by atoms with E-state index in [1.165, 1.54) is 12.1 Å². The summed E-state index contributed by atoms with van der Waals surface area (Å²) in [6.45, 7) is 0. The molecule has 0 saturated heterocycles. The second-order valence-corrected chi connectivity index (χ2v) is 5.83. The maximum atomic E-state index is 13.5. The molecule has 0 aromatic heterocycles. The van der Waals surface area contributed by atoms with Crippen molar-refractivity contribution in [1.82, 2.24) is 0 Å². The summed E-state index contributed by atoms with van der Waals surface area (Å²) in [4.78, 5) is 0.966. The van der Waals surface area contributed by atoms with Crippen LogP contribution >= 0.6 is 11.8 Å². The maximum absolute atomic E-state index is 13.5. The zero-order chi connectivity index (χ0) is 15.7. The van der Waals surface area contributed by atoms with Crippen LogP contribution in [0.5, 0.6) is 11.5 Å². The highest BCUT2D eigenvalue weighted by Gasteiger charge is 2.26. The highest BCUT2D eigenvalue weighted by Crippen LogP contribution is 2.42. The van der Waals surface area contributed by atoms with Crippen LogP contribution in [0.25, 0.3) is 0 Å². The molecule has 1 atom stereocenters. The Balaban J connectivity index is 2.04. The fourth-order valence-corrected chi connectivity index (χ4v) is 3.45. The third kappa shape index (κ3) is 2.50. The van der Waals surface area contributed by atoms with Crippen LogP contribution in [0.2, 0.25) is 0 Å². The molecule has 2 aromatic carbocycles. The Morgan fingerprint density at radius 3 is 2.77 bits per heavy atom. The summed E-state index contributed by atoms with van der Waals surface area (Å²) in [5, 5.41) is 18.3. The summed E-state index contributed by atoms with van der Waals surface area (Å²) in [7, 11) is 0. The van der Waals surface area contributed by atoms with Gasteiger partial charge >= 0.3 is 0 Å². The average molecular weight is 311 g/mol. The van der Waals surface area contributed by atoms with Crippen LogP contribution in [0.15, 0.2) is 35.2 Å². The minimum absolute atomic E-state index is 0.155. The van der Waals surface area contributed by atoms with Crippen molar-refractivity contribution >= 4 is 11.8 Å². The fraction of sp³-hybridized carbons (Fsp3) is 0.125. The number of nitriles is 2.